The molecule has 1 aromatic heterocycles. The van der Waals surface area contributed by atoms with Crippen LogP contribution in [-0.4, -0.2) is 36.3 Å². The van der Waals surface area contributed by atoms with Crippen LogP contribution < -0.4 is 5.32 Å². The van der Waals surface area contributed by atoms with Crippen molar-refractivity contribution < 1.29 is 13.2 Å². The van der Waals surface area contributed by atoms with Crippen LogP contribution in [0.3, 0.4) is 0 Å². The van der Waals surface area contributed by atoms with E-state index in [2.05, 4.69) is 12.2 Å². The summed E-state index contributed by atoms with van der Waals surface area (Å²) in [5.74, 6) is 0.224. The zero-order valence-corrected chi connectivity index (χ0v) is 17.1. The average molecular weight is 390 g/mol. The van der Waals surface area contributed by atoms with E-state index in [-0.39, 0.29) is 10.8 Å². The number of nitrogens with zero attached hydrogens (tertiary/aromatic N) is 2. The maximum Gasteiger partial charge on any atom is 0.272 e. The molecule has 1 aromatic carbocycles. The molecular weight excluding hydrogens is 362 g/mol. The number of anilines is 1. The minimum Gasteiger partial charge on any atom is -0.343 e. The molecule has 1 fully saturated rings. The van der Waals surface area contributed by atoms with Gasteiger partial charge in [-0.15, -0.1) is 0 Å². The highest BCUT2D eigenvalue weighted by atomic mass is 32.2. The van der Waals surface area contributed by atoms with Crippen LogP contribution in [0, 0.1) is 19.8 Å². The van der Waals surface area contributed by atoms with Gasteiger partial charge in [-0.05, 0) is 50.8 Å². The molecule has 3 rings (SSSR count). The second kappa shape index (κ2) is 7.48. The summed E-state index contributed by atoms with van der Waals surface area (Å²) in [5, 5.41) is 2.84. The lowest BCUT2D eigenvalue weighted by Gasteiger charge is -2.29. The Labute approximate surface area is 161 Å². The Morgan fingerprint density at radius 2 is 1.70 bits per heavy atom. The van der Waals surface area contributed by atoms with Crippen LogP contribution in [-0.2, 0) is 17.1 Å². The molecule has 2 aromatic rings. The molecule has 0 atom stereocenters. The Morgan fingerprint density at radius 3 is 2.30 bits per heavy atom. The van der Waals surface area contributed by atoms with Gasteiger partial charge in [0.2, 0.25) is 10.0 Å². The van der Waals surface area contributed by atoms with Gasteiger partial charge in [0.1, 0.15) is 10.6 Å². The van der Waals surface area contributed by atoms with E-state index < -0.39 is 10.0 Å². The van der Waals surface area contributed by atoms with Gasteiger partial charge >= 0.3 is 0 Å². The molecule has 0 aliphatic carbocycles. The fourth-order valence-corrected chi connectivity index (χ4v) is 5.09. The molecule has 1 aliphatic heterocycles. The zero-order valence-electron chi connectivity index (χ0n) is 16.3. The van der Waals surface area contributed by atoms with Crippen molar-refractivity contribution >= 4 is 21.6 Å². The zero-order chi connectivity index (χ0) is 19.8. The minimum absolute atomic E-state index is 0.216. The van der Waals surface area contributed by atoms with E-state index in [1.165, 1.54) is 10.4 Å². The van der Waals surface area contributed by atoms with Crippen molar-refractivity contribution in [2.24, 2.45) is 13.0 Å². The van der Waals surface area contributed by atoms with E-state index in [9.17, 15) is 13.2 Å². The summed E-state index contributed by atoms with van der Waals surface area (Å²) in [7, 11) is -1.88. The number of amides is 1. The Hall–Kier alpha value is -2.12. The van der Waals surface area contributed by atoms with E-state index in [0.29, 0.717) is 36.1 Å². The lowest BCUT2D eigenvalue weighted by Crippen LogP contribution is -2.38. The molecule has 0 spiro atoms. The molecular formula is C20H27N3O3S. The van der Waals surface area contributed by atoms with Crippen molar-refractivity contribution in [3.63, 3.8) is 0 Å². The molecule has 1 N–H and O–H groups in total. The quantitative estimate of drug-likeness (QED) is 0.872. The first-order chi connectivity index (χ1) is 12.7. The number of rotatable bonds is 4. The van der Waals surface area contributed by atoms with Crippen molar-refractivity contribution in [2.75, 3.05) is 18.4 Å². The number of nitrogens with one attached hydrogen (secondary N) is 1. The lowest BCUT2D eigenvalue weighted by atomic mass is 10.0. The monoisotopic (exact) mass is 389 g/mol. The number of piperidine rings is 1. The smallest absolute Gasteiger partial charge is 0.272 e. The van der Waals surface area contributed by atoms with Crippen LogP contribution in [0.15, 0.2) is 35.2 Å². The fraction of sp³-hybridized carbons (Fsp3) is 0.450. The normalized spacial score (nSPS) is 16.4. The molecule has 0 saturated carbocycles. The fourth-order valence-electron chi connectivity index (χ4n) is 3.35. The third kappa shape index (κ3) is 3.94. The summed E-state index contributed by atoms with van der Waals surface area (Å²) in [6, 6.07) is 8.98. The summed E-state index contributed by atoms with van der Waals surface area (Å²) in [4.78, 5) is 12.9. The molecule has 7 heteroatoms. The first-order valence-electron chi connectivity index (χ1n) is 9.24. The first-order valence-corrected chi connectivity index (χ1v) is 10.7. The second-order valence-electron chi connectivity index (χ2n) is 7.45. The number of aromatic nitrogens is 1. The van der Waals surface area contributed by atoms with Crippen molar-refractivity contribution in [3.8, 4) is 0 Å². The number of aryl methyl sites for hydroxylation is 1. The van der Waals surface area contributed by atoms with Crippen LogP contribution in [0.5, 0.6) is 0 Å². The van der Waals surface area contributed by atoms with Crippen LogP contribution in [0.4, 0.5) is 5.69 Å². The third-order valence-corrected chi connectivity index (χ3v) is 7.41. The van der Waals surface area contributed by atoms with Gasteiger partial charge in [-0.1, -0.05) is 24.6 Å². The SMILES string of the molecule is Cc1ccc(NC(=O)c2cc(S(=O)(=O)N3CCC(C)CC3)c(C)n2C)cc1. The van der Waals surface area contributed by atoms with Crippen LogP contribution >= 0.6 is 0 Å². The van der Waals surface area contributed by atoms with Gasteiger partial charge in [-0.2, -0.15) is 4.31 Å². The predicted molar refractivity (Wildman–Crippen MR) is 106 cm³/mol. The highest BCUT2D eigenvalue weighted by Crippen LogP contribution is 2.27. The maximum atomic E-state index is 13.1. The summed E-state index contributed by atoms with van der Waals surface area (Å²) < 4.78 is 29.3. The molecule has 2 heterocycles. The molecule has 1 saturated heterocycles. The largest absolute Gasteiger partial charge is 0.343 e. The minimum atomic E-state index is -3.60. The van der Waals surface area contributed by atoms with Crippen molar-refractivity contribution in [1.82, 2.24) is 8.87 Å². The predicted octanol–water partition coefficient (Wildman–Crippen LogP) is 3.31. The van der Waals surface area contributed by atoms with Crippen molar-refractivity contribution in [2.45, 2.75) is 38.5 Å². The molecule has 27 heavy (non-hydrogen) atoms. The van der Waals surface area contributed by atoms with E-state index >= 15 is 0 Å². The summed E-state index contributed by atoms with van der Waals surface area (Å²) in [6.07, 6.45) is 1.73. The van der Waals surface area contributed by atoms with Crippen molar-refractivity contribution in [3.05, 3.63) is 47.3 Å². The van der Waals surface area contributed by atoms with Gasteiger partial charge in [0.25, 0.3) is 5.91 Å². The van der Waals surface area contributed by atoms with Gasteiger partial charge in [0, 0.05) is 31.5 Å². The van der Waals surface area contributed by atoms with Crippen LogP contribution in [0.2, 0.25) is 0 Å². The topological polar surface area (TPSA) is 71.4 Å². The highest BCUT2D eigenvalue weighted by molar-refractivity contribution is 7.89. The van der Waals surface area contributed by atoms with Gasteiger partial charge < -0.3 is 9.88 Å². The Balaban J connectivity index is 1.87. The summed E-state index contributed by atoms with van der Waals surface area (Å²) >= 11 is 0. The number of hydrogen-bond acceptors (Lipinski definition) is 3. The van der Waals surface area contributed by atoms with Gasteiger partial charge in [-0.3, -0.25) is 4.79 Å². The summed E-state index contributed by atoms with van der Waals surface area (Å²) in [6.45, 7) is 6.92. The van der Waals surface area contributed by atoms with Crippen molar-refractivity contribution in [1.29, 1.82) is 0 Å². The average Bonchev–Trinajstić information content (AvgIpc) is 2.93. The maximum absolute atomic E-state index is 13.1. The summed E-state index contributed by atoms with van der Waals surface area (Å²) in [5.41, 5.74) is 2.69. The number of carbonyl (C=O) groups is 1. The highest BCUT2D eigenvalue weighted by Gasteiger charge is 2.32. The van der Waals surface area contributed by atoms with Gasteiger partial charge in [0.05, 0.1) is 0 Å². The van der Waals surface area contributed by atoms with E-state index in [1.807, 2.05) is 31.2 Å². The number of benzene rings is 1. The van der Waals surface area contributed by atoms with E-state index in [1.54, 1.807) is 18.5 Å². The third-order valence-electron chi connectivity index (χ3n) is 5.39. The Morgan fingerprint density at radius 1 is 1.11 bits per heavy atom. The van der Waals surface area contributed by atoms with Crippen LogP contribution in [0.1, 0.15) is 41.5 Å². The molecule has 1 amide bonds. The molecule has 146 valence electrons. The van der Waals surface area contributed by atoms with E-state index in [4.69, 9.17) is 0 Å². The molecule has 0 bridgehead atoms. The number of sulfonamides is 1. The molecule has 0 unspecified atom stereocenters. The van der Waals surface area contributed by atoms with E-state index in [0.717, 1.165) is 18.4 Å². The lowest BCUT2D eigenvalue weighted by molar-refractivity contribution is 0.101. The Bertz CT molecular complexity index is 938. The molecule has 1 aliphatic rings. The second-order valence-corrected chi connectivity index (χ2v) is 9.35. The van der Waals surface area contributed by atoms with Gasteiger partial charge in [-0.25, -0.2) is 8.42 Å². The first kappa shape index (κ1) is 19.6. The van der Waals surface area contributed by atoms with Gasteiger partial charge in [0.15, 0.2) is 0 Å². The number of carbonyl (C=O) groups excluding carboxylic acids is 1. The Kier molecular flexibility index (Phi) is 5.44. The molecule has 6 nitrogen and oxygen atoms in total. The number of hydrogen-bond donors (Lipinski definition) is 1. The molecule has 0 radical (unpaired) electrons. The van der Waals surface area contributed by atoms with Crippen LogP contribution in [0.25, 0.3) is 0 Å². The standard InChI is InChI=1S/C20H27N3O3S/c1-14-5-7-17(8-6-14)21-20(24)18-13-19(16(3)22(18)4)27(25,26)23-11-9-15(2)10-12-23/h5-8,13,15H,9-12H2,1-4H3,(H,21,24).